The fourth-order valence-corrected chi connectivity index (χ4v) is 5.10. The number of fused-ring (bicyclic) bond motifs is 1. The lowest BCUT2D eigenvalue weighted by atomic mass is 10.0. The lowest BCUT2D eigenvalue weighted by molar-refractivity contribution is -0.131. The van der Waals surface area contributed by atoms with Crippen molar-refractivity contribution in [1.82, 2.24) is 19.4 Å². The number of nitrogens with zero attached hydrogens (tertiary/aromatic N) is 4. The van der Waals surface area contributed by atoms with Gasteiger partial charge in [0.2, 0.25) is 11.8 Å². The van der Waals surface area contributed by atoms with E-state index in [9.17, 15) is 9.59 Å². The number of aromatic nitrogens is 2. The van der Waals surface area contributed by atoms with Crippen LogP contribution in [0, 0.1) is 0 Å². The molecule has 2 fully saturated rings. The Morgan fingerprint density at radius 2 is 1.82 bits per heavy atom. The van der Waals surface area contributed by atoms with Gasteiger partial charge in [0, 0.05) is 25.7 Å². The summed E-state index contributed by atoms with van der Waals surface area (Å²) in [6.45, 7) is 4.96. The second-order valence-electron chi connectivity index (χ2n) is 7.78. The summed E-state index contributed by atoms with van der Waals surface area (Å²) in [5.41, 5.74) is 1.83. The van der Waals surface area contributed by atoms with E-state index in [4.69, 9.17) is 4.98 Å². The minimum absolute atomic E-state index is 0.137. The van der Waals surface area contributed by atoms with E-state index in [2.05, 4.69) is 6.92 Å². The highest BCUT2D eigenvalue weighted by Crippen LogP contribution is 2.26. The standard InChI is InChI=1S/C21H28N4O2S/c1-16-8-4-5-13-24(16)20(27)15-28-21-22-17-9-2-3-10-18(17)25(21)14-19(26)23-11-6-7-12-23/h2-3,9-10,16H,4-8,11-15H2,1H3. The zero-order valence-corrected chi connectivity index (χ0v) is 17.3. The molecule has 7 heteroatoms. The first-order valence-corrected chi connectivity index (χ1v) is 11.3. The smallest absolute Gasteiger partial charge is 0.242 e. The first kappa shape index (κ1) is 19.3. The average Bonchev–Trinajstić information content (AvgIpc) is 3.35. The summed E-state index contributed by atoms with van der Waals surface area (Å²) in [7, 11) is 0. The number of benzene rings is 1. The van der Waals surface area contributed by atoms with Crippen LogP contribution in [0.1, 0.15) is 39.0 Å². The highest BCUT2D eigenvalue weighted by atomic mass is 32.2. The van der Waals surface area contributed by atoms with Gasteiger partial charge < -0.3 is 14.4 Å². The number of hydrogen-bond donors (Lipinski definition) is 0. The molecule has 1 unspecified atom stereocenters. The summed E-state index contributed by atoms with van der Waals surface area (Å²) < 4.78 is 1.98. The lowest BCUT2D eigenvalue weighted by Gasteiger charge is -2.33. The van der Waals surface area contributed by atoms with Crippen molar-refractivity contribution in [3.63, 3.8) is 0 Å². The van der Waals surface area contributed by atoms with Gasteiger partial charge in [-0.05, 0) is 51.2 Å². The number of thioether (sulfide) groups is 1. The monoisotopic (exact) mass is 400 g/mol. The number of carbonyl (C=O) groups is 2. The van der Waals surface area contributed by atoms with Gasteiger partial charge in [0.15, 0.2) is 5.16 Å². The van der Waals surface area contributed by atoms with Crippen LogP contribution in [0.5, 0.6) is 0 Å². The minimum Gasteiger partial charge on any atom is -0.341 e. The van der Waals surface area contributed by atoms with Gasteiger partial charge in [0.05, 0.1) is 16.8 Å². The molecule has 2 aromatic rings. The van der Waals surface area contributed by atoms with Gasteiger partial charge >= 0.3 is 0 Å². The second kappa shape index (κ2) is 8.55. The van der Waals surface area contributed by atoms with Gasteiger partial charge in [0.25, 0.3) is 0 Å². The number of hydrogen-bond acceptors (Lipinski definition) is 4. The van der Waals surface area contributed by atoms with E-state index < -0.39 is 0 Å². The maximum Gasteiger partial charge on any atom is 0.242 e. The van der Waals surface area contributed by atoms with Crippen LogP contribution in [0.25, 0.3) is 11.0 Å². The summed E-state index contributed by atoms with van der Waals surface area (Å²) in [4.78, 5) is 34.1. The Balaban J connectivity index is 1.51. The van der Waals surface area contributed by atoms with Crippen LogP contribution in [-0.2, 0) is 16.1 Å². The van der Waals surface area contributed by atoms with Crippen LogP contribution >= 0.6 is 11.8 Å². The molecule has 1 aromatic carbocycles. The molecule has 1 aromatic heterocycles. The van der Waals surface area contributed by atoms with Crippen LogP contribution in [0.4, 0.5) is 0 Å². The second-order valence-corrected chi connectivity index (χ2v) is 8.72. The Labute approximate surface area is 170 Å². The fraction of sp³-hybridized carbons (Fsp3) is 0.571. The van der Waals surface area contributed by atoms with E-state index in [1.54, 1.807) is 0 Å². The Morgan fingerprint density at radius 1 is 1.07 bits per heavy atom. The van der Waals surface area contributed by atoms with Gasteiger partial charge in [-0.3, -0.25) is 9.59 Å². The predicted octanol–water partition coefficient (Wildman–Crippen LogP) is 3.15. The summed E-state index contributed by atoms with van der Waals surface area (Å²) in [5.74, 6) is 0.672. The molecule has 28 heavy (non-hydrogen) atoms. The Bertz CT molecular complexity index is 859. The van der Waals surface area contributed by atoms with Crippen molar-refractivity contribution in [1.29, 1.82) is 0 Å². The van der Waals surface area contributed by atoms with Gasteiger partial charge in [0.1, 0.15) is 6.54 Å². The normalized spacial score (nSPS) is 20.1. The first-order chi connectivity index (χ1) is 13.6. The molecule has 2 saturated heterocycles. The quantitative estimate of drug-likeness (QED) is 0.724. The predicted molar refractivity (Wildman–Crippen MR) is 111 cm³/mol. The number of likely N-dealkylation sites (tertiary alicyclic amines) is 2. The van der Waals surface area contributed by atoms with Crippen molar-refractivity contribution in [2.45, 2.75) is 56.8 Å². The van der Waals surface area contributed by atoms with Gasteiger partial charge in [-0.15, -0.1) is 0 Å². The van der Waals surface area contributed by atoms with Crippen LogP contribution in [0.3, 0.4) is 0 Å². The summed E-state index contributed by atoms with van der Waals surface area (Å²) in [6.07, 6.45) is 5.54. The van der Waals surface area contributed by atoms with Crippen molar-refractivity contribution < 1.29 is 9.59 Å². The third-order valence-electron chi connectivity index (χ3n) is 5.82. The molecule has 4 rings (SSSR count). The number of piperidine rings is 1. The maximum atomic E-state index is 12.7. The third kappa shape index (κ3) is 4.04. The van der Waals surface area contributed by atoms with Gasteiger partial charge in [-0.1, -0.05) is 23.9 Å². The Kier molecular flexibility index (Phi) is 5.90. The van der Waals surface area contributed by atoms with E-state index in [0.29, 0.717) is 11.8 Å². The van der Waals surface area contributed by atoms with Crippen molar-refractivity contribution in [2.75, 3.05) is 25.4 Å². The molecular weight excluding hydrogens is 372 g/mol. The maximum absolute atomic E-state index is 12.7. The SMILES string of the molecule is CC1CCCCN1C(=O)CSc1nc2ccccc2n1CC(=O)N1CCCC1. The van der Waals surface area contributed by atoms with E-state index >= 15 is 0 Å². The molecule has 0 N–H and O–H groups in total. The molecule has 6 nitrogen and oxygen atoms in total. The highest BCUT2D eigenvalue weighted by molar-refractivity contribution is 7.99. The van der Waals surface area contributed by atoms with Gasteiger partial charge in [-0.2, -0.15) is 0 Å². The van der Waals surface area contributed by atoms with Crippen molar-refractivity contribution >= 4 is 34.6 Å². The van der Waals surface area contributed by atoms with Crippen LogP contribution in [0.15, 0.2) is 29.4 Å². The van der Waals surface area contributed by atoms with Crippen molar-refractivity contribution in [2.24, 2.45) is 0 Å². The largest absolute Gasteiger partial charge is 0.341 e. The van der Waals surface area contributed by atoms with E-state index in [1.165, 1.54) is 18.2 Å². The van der Waals surface area contributed by atoms with E-state index in [1.807, 2.05) is 38.6 Å². The minimum atomic E-state index is 0.137. The van der Waals surface area contributed by atoms with E-state index in [-0.39, 0.29) is 18.4 Å². The third-order valence-corrected chi connectivity index (χ3v) is 6.78. The summed E-state index contributed by atoms with van der Waals surface area (Å²) in [6, 6.07) is 8.20. The zero-order chi connectivity index (χ0) is 19.5. The lowest BCUT2D eigenvalue weighted by Crippen LogP contribution is -2.43. The van der Waals surface area contributed by atoms with Crippen LogP contribution < -0.4 is 0 Å². The molecule has 0 spiro atoms. The van der Waals surface area contributed by atoms with Crippen molar-refractivity contribution in [3.8, 4) is 0 Å². The number of imidazole rings is 1. The topological polar surface area (TPSA) is 58.4 Å². The molecule has 3 heterocycles. The van der Waals surface area contributed by atoms with Crippen LogP contribution in [0.2, 0.25) is 0 Å². The molecule has 0 bridgehead atoms. The molecule has 2 amide bonds. The molecule has 0 radical (unpaired) electrons. The molecule has 1 atom stereocenters. The molecule has 2 aliphatic heterocycles. The number of para-hydroxylation sites is 2. The zero-order valence-electron chi connectivity index (χ0n) is 16.5. The molecule has 0 aliphatic carbocycles. The van der Waals surface area contributed by atoms with Gasteiger partial charge in [-0.25, -0.2) is 4.98 Å². The van der Waals surface area contributed by atoms with Crippen LogP contribution in [-0.4, -0.2) is 62.6 Å². The summed E-state index contributed by atoms with van der Waals surface area (Å²) in [5, 5.41) is 0.756. The number of rotatable bonds is 5. The average molecular weight is 401 g/mol. The molecule has 150 valence electrons. The van der Waals surface area contributed by atoms with E-state index in [0.717, 1.165) is 61.5 Å². The molecule has 0 saturated carbocycles. The fourth-order valence-electron chi connectivity index (χ4n) is 4.20. The Morgan fingerprint density at radius 3 is 2.61 bits per heavy atom. The highest BCUT2D eigenvalue weighted by Gasteiger charge is 2.25. The van der Waals surface area contributed by atoms with Crippen molar-refractivity contribution in [3.05, 3.63) is 24.3 Å². The molecule has 2 aliphatic rings. The Hall–Kier alpha value is -2.02. The first-order valence-electron chi connectivity index (χ1n) is 10.3. The molecular formula is C21H28N4O2S. The summed E-state index contributed by atoms with van der Waals surface area (Å²) >= 11 is 1.45. The number of amides is 2. The number of carbonyl (C=O) groups excluding carboxylic acids is 2.